The van der Waals surface area contributed by atoms with Crippen LogP contribution in [0.5, 0.6) is 0 Å². The van der Waals surface area contributed by atoms with Crippen LogP contribution in [0.15, 0.2) is 66.4 Å². The number of likely N-dealkylation sites (tertiary alicyclic amines) is 1. The van der Waals surface area contributed by atoms with Gasteiger partial charge in [0.2, 0.25) is 0 Å². The first-order chi connectivity index (χ1) is 11.3. The number of ether oxygens (including phenoxy) is 1. The highest BCUT2D eigenvalue weighted by Gasteiger charge is 2.24. The molecule has 3 nitrogen and oxygen atoms in total. The van der Waals surface area contributed by atoms with E-state index in [2.05, 4.69) is 35.1 Å². The topological polar surface area (TPSA) is 29.5 Å². The molecule has 2 aromatic rings. The summed E-state index contributed by atoms with van der Waals surface area (Å²) in [6.45, 7) is 2.09. The Kier molecular flexibility index (Phi) is 5.25. The lowest BCUT2D eigenvalue weighted by molar-refractivity contribution is 0.00116. The Labute approximate surface area is 137 Å². The molecule has 118 valence electrons. The molecule has 2 aromatic carbocycles. The highest BCUT2D eigenvalue weighted by atomic mass is 16.5. The fraction of sp³-hybridized carbons (Fsp3) is 0.300. The third-order valence-electron chi connectivity index (χ3n) is 4.17. The van der Waals surface area contributed by atoms with Crippen molar-refractivity contribution in [1.82, 2.24) is 4.90 Å². The Bertz CT molecular complexity index is 663. The van der Waals surface area contributed by atoms with Gasteiger partial charge in [-0.2, -0.15) is 0 Å². The molecule has 1 aliphatic rings. The molecule has 0 amide bonds. The Hall–Kier alpha value is -2.35. The van der Waals surface area contributed by atoms with Crippen LogP contribution in [-0.4, -0.2) is 23.5 Å². The zero-order valence-electron chi connectivity index (χ0n) is 13.2. The van der Waals surface area contributed by atoms with Crippen LogP contribution in [-0.2, 0) is 22.7 Å². The lowest BCUT2D eigenvalue weighted by Gasteiger charge is -2.34. The standard InChI is InChI=1S/C20H21NO2/c22-15-19-11-12-20(23-16-18-9-5-2-6-10-18)14-21(19)13-17-7-3-1-4-8-17/h1-10,20H,11-14,16H2. The van der Waals surface area contributed by atoms with E-state index in [1.54, 1.807) is 0 Å². The minimum absolute atomic E-state index is 0.149. The van der Waals surface area contributed by atoms with E-state index in [0.717, 1.165) is 31.6 Å². The molecule has 1 atom stereocenters. The molecule has 1 fully saturated rings. The normalized spacial score (nSPS) is 17.8. The highest BCUT2D eigenvalue weighted by Crippen LogP contribution is 2.23. The summed E-state index contributed by atoms with van der Waals surface area (Å²) in [5.74, 6) is 2.11. The van der Waals surface area contributed by atoms with Gasteiger partial charge in [0, 0.05) is 19.5 Å². The van der Waals surface area contributed by atoms with Crippen molar-refractivity contribution < 1.29 is 9.53 Å². The van der Waals surface area contributed by atoms with Crippen molar-refractivity contribution in [3.8, 4) is 0 Å². The van der Waals surface area contributed by atoms with Gasteiger partial charge in [0.15, 0.2) is 0 Å². The number of carbonyl (C=O) groups excluding carboxylic acids is 1. The van der Waals surface area contributed by atoms with Crippen molar-refractivity contribution in [3.63, 3.8) is 0 Å². The fourth-order valence-electron chi connectivity index (χ4n) is 2.91. The molecule has 0 aromatic heterocycles. The van der Waals surface area contributed by atoms with Crippen molar-refractivity contribution in [3.05, 3.63) is 77.5 Å². The predicted molar refractivity (Wildman–Crippen MR) is 90.3 cm³/mol. The minimum Gasteiger partial charge on any atom is -0.372 e. The van der Waals surface area contributed by atoms with Crippen molar-refractivity contribution >= 4 is 5.94 Å². The van der Waals surface area contributed by atoms with Crippen molar-refractivity contribution in [2.24, 2.45) is 0 Å². The largest absolute Gasteiger partial charge is 0.372 e. The summed E-state index contributed by atoms with van der Waals surface area (Å²) in [7, 11) is 0. The van der Waals surface area contributed by atoms with Crippen LogP contribution in [0.2, 0.25) is 0 Å². The fourth-order valence-corrected chi connectivity index (χ4v) is 2.91. The average molecular weight is 307 g/mol. The maximum Gasteiger partial charge on any atom is 0.145 e. The van der Waals surface area contributed by atoms with Gasteiger partial charge in [0.1, 0.15) is 5.94 Å². The van der Waals surface area contributed by atoms with Gasteiger partial charge in [0.25, 0.3) is 0 Å². The molecule has 0 spiro atoms. The number of nitrogens with zero attached hydrogens (tertiary/aromatic N) is 1. The number of benzene rings is 2. The first-order valence-corrected chi connectivity index (χ1v) is 8.03. The van der Waals surface area contributed by atoms with E-state index in [1.165, 1.54) is 11.1 Å². The second-order valence-corrected chi connectivity index (χ2v) is 5.87. The third kappa shape index (κ3) is 4.32. The van der Waals surface area contributed by atoms with Crippen LogP contribution in [0.4, 0.5) is 0 Å². The molecule has 0 bridgehead atoms. The summed E-state index contributed by atoms with van der Waals surface area (Å²) in [6.07, 6.45) is 1.76. The van der Waals surface area contributed by atoms with Gasteiger partial charge in [-0.25, -0.2) is 4.79 Å². The van der Waals surface area contributed by atoms with E-state index >= 15 is 0 Å². The lowest BCUT2D eigenvalue weighted by Crippen LogP contribution is -2.38. The third-order valence-corrected chi connectivity index (χ3v) is 4.17. The van der Waals surface area contributed by atoms with Gasteiger partial charge < -0.3 is 9.64 Å². The van der Waals surface area contributed by atoms with Crippen LogP contribution >= 0.6 is 0 Å². The molecule has 0 aliphatic carbocycles. The van der Waals surface area contributed by atoms with Crippen LogP contribution in [0.25, 0.3) is 0 Å². The summed E-state index contributed by atoms with van der Waals surface area (Å²) < 4.78 is 6.04. The molecular weight excluding hydrogens is 286 g/mol. The number of rotatable bonds is 5. The molecule has 1 unspecified atom stereocenters. The van der Waals surface area contributed by atoms with Gasteiger partial charge in [-0.05, 0) is 17.5 Å². The smallest absolute Gasteiger partial charge is 0.145 e. The Morgan fingerprint density at radius 2 is 1.65 bits per heavy atom. The van der Waals surface area contributed by atoms with E-state index in [4.69, 9.17) is 4.74 Å². The second kappa shape index (κ2) is 7.77. The number of hydrogen-bond acceptors (Lipinski definition) is 3. The van der Waals surface area contributed by atoms with Gasteiger partial charge >= 0.3 is 0 Å². The zero-order valence-corrected chi connectivity index (χ0v) is 13.2. The van der Waals surface area contributed by atoms with E-state index in [9.17, 15) is 4.79 Å². The SMILES string of the molecule is O=C=C1CCC(OCc2ccccc2)CN1Cc1ccccc1. The summed E-state index contributed by atoms with van der Waals surface area (Å²) in [5.41, 5.74) is 3.14. The molecular formula is C20H21NO2. The first kappa shape index (κ1) is 15.5. The van der Waals surface area contributed by atoms with E-state index in [0.29, 0.717) is 6.61 Å². The van der Waals surface area contributed by atoms with Crippen molar-refractivity contribution in [2.75, 3.05) is 6.54 Å². The quantitative estimate of drug-likeness (QED) is 0.791. The predicted octanol–water partition coefficient (Wildman–Crippen LogP) is 3.58. The van der Waals surface area contributed by atoms with Crippen LogP contribution in [0, 0.1) is 0 Å². The highest BCUT2D eigenvalue weighted by molar-refractivity contribution is 5.52. The summed E-state index contributed by atoms with van der Waals surface area (Å²) >= 11 is 0. The van der Waals surface area contributed by atoms with Crippen LogP contribution in [0.1, 0.15) is 24.0 Å². The molecule has 0 radical (unpaired) electrons. The Morgan fingerprint density at radius 1 is 1.00 bits per heavy atom. The molecule has 23 heavy (non-hydrogen) atoms. The van der Waals surface area contributed by atoms with Crippen LogP contribution in [0.3, 0.4) is 0 Å². The molecule has 0 N–H and O–H groups in total. The van der Waals surface area contributed by atoms with Gasteiger partial charge in [-0.3, -0.25) is 0 Å². The average Bonchev–Trinajstić information content (AvgIpc) is 2.62. The van der Waals surface area contributed by atoms with E-state index < -0.39 is 0 Å². The summed E-state index contributed by atoms with van der Waals surface area (Å²) in [6, 6.07) is 20.4. The number of allylic oxidation sites excluding steroid dienone is 1. The first-order valence-electron chi connectivity index (χ1n) is 8.03. The Balaban J connectivity index is 1.60. The summed E-state index contributed by atoms with van der Waals surface area (Å²) in [4.78, 5) is 13.3. The molecule has 3 rings (SSSR count). The lowest BCUT2D eigenvalue weighted by atomic mass is 10.0. The van der Waals surface area contributed by atoms with Gasteiger partial charge in [0.05, 0.1) is 18.4 Å². The molecule has 1 saturated heterocycles. The molecule has 3 heteroatoms. The minimum atomic E-state index is 0.149. The monoisotopic (exact) mass is 307 g/mol. The maximum absolute atomic E-state index is 11.2. The molecule has 1 heterocycles. The zero-order chi connectivity index (χ0) is 15.9. The van der Waals surface area contributed by atoms with Gasteiger partial charge in [-0.1, -0.05) is 60.7 Å². The van der Waals surface area contributed by atoms with Gasteiger partial charge in [-0.15, -0.1) is 0 Å². The molecule has 0 saturated carbocycles. The summed E-state index contributed by atoms with van der Waals surface area (Å²) in [5, 5.41) is 0. The van der Waals surface area contributed by atoms with Crippen molar-refractivity contribution in [1.29, 1.82) is 0 Å². The second-order valence-electron chi connectivity index (χ2n) is 5.87. The number of piperidine rings is 1. The molecule has 1 aliphatic heterocycles. The Morgan fingerprint density at radius 3 is 2.30 bits per heavy atom. The van der Waals surface area contributed by atoms with Crippen LogP contribution < -0.4 is 0 Å². The number of hydrogen-bond donors (Lipinski definition) is 0. The van der Waals surface area contributed by atoms with Crippen molar-refractivity contribution in [2.45, 2.75) is 32.1 Å². The maximum atomic E-state index is 11.2. The van der Waals surface area contributed by atoms with E-state index in [-0.39, 0.29) is 6.10 Å². The van der Waals surface area contributed by atoms with E-state index in [1.807, 2.05) is 36.4 Å².